The molecule has 1 rings (SSSR count). The van der Waals surface area contributed by atoms with E-state index in [-0.39, 0.29) is 0 Å². The Balaban J connectivity index is 2.79. The molecule has 0 bridgehead atoms. The SMILES string of the molecule is [B]c1ccc(CCNC)c(CC)c1. The molecule has 68 valence electrons. The van der Waals surface area contributed by atoms with E-state index in [2.05, 4.69) is 24.4 Å². The molecule has 0 atom stereocenters. The third kappa shape index (κ3) is 2.89. The van der Waals surface area contributed by atoms with Crippen molar-refractivity contribution in [1.29, 1.82) is 0 Å². The normalized spacial score (nSPS) is 10.3. The standard InChI is InChI=1S/C11H16BN/c1-3-9-8-11(12)5-4-10(9)6-7-13-2/h4-5,8,13H,3,6-7H2,1-2H3. The third-order valence-corrected chi connectivity index (χ3v) is 2.26. The third-order valence-electron chi connectivity index (χ3n) is 2.26. The van der Waals surface area contributed by atoms with Gasteiger partial charge < -0.3 is 5.32 Å². The highest BCUT2D eigenvalue weighted by Gasteiger charge is 1.99. The lowest BCUT2D eigenvalue weighted by Gasteiger charge is -2.08. The molecule has 0 spiro atoms. The van der Waals surface area contributed by atoms with E-state index in [9.17, 15) is 0 Å². The van der Waals surface area contributed by atoms with Gasteiger partial charge in [0, 0.05) is 0 Å². The van der Waals surface area contributed by atoms with Crippen molar-refractivity contribution in [2.75, 3.05) is 13.6 Å². The molecule has 0 fully saturated rings. The minimum absolute atomic E-state index is 0.866. The van der Waals surface area contributed by atoms with Crippen LogP contribution in [0.4, 0.5) is 0 Å². The van der Waals surface area contributed by atoms with Gasteiger partial charge >= 0.3 is 0 Å². The summed E-state index contributed by atoms with van der Waals surface area (Å²) >= 11 is 0. The van der Waals surface area contributed by atoms with Crippen LogP contribution in [0.3, 0.4) is 0 Å². The average molecular weight is 173 g/mol. The Morgan fingerprint density at radius 2 is 2.08 bits per heavy atom. The molecule has 0 saturated heterocycles. The van der Waals surface area contributed by atoms with Gasteiger partial charge in [-0.05, 0) is 37.6 Å². The van der Waals surface area contributed by atoms with Gasteiger partial charge in [-0.25, -0.2) is 0 Å². The summed E-state index contributed by atoms with van der Waals surface area (Å²) in [5.41, 5.74) is 3.64. The summed E-state index contributed by atoms with van der Waals surface area (Å²) in [5.74, 6) is 0. The van der Waals surface area contributed by atoms with Crippen molar-refractivity contribution in [3.8, 4) is 0 Å². The number of nitrogens with one attached hydrogen (secondary N) is 1. The first-order valence-electron chi connectivity index (χ1n) is 4.79. The number of hydrogen-bond donors (Lipinski definition) is 1. The lowest BCUT2D eigenvalue weighted by Crippen LogP contribution is -2.13. The monoisotopic (exact) mass is 173 g/mol. The van der Waals surface area contributed by atoms with Gasteiger partial charge in [0.1, 0.15) is 7.85 Å². The van der Waals surface area contributed by atoms with Crippen molar-refractivity contribution in [1.82, 2.24) is 5.32 Å². The molecule has 13 heavy (non-hydrogen) atoms. The molecule has 0 aliphatic heterocycles. The molecule has 0 saturated carbocycles. The van der Waals surface area contributed by atoms with Crippen LogP contribution in [0.15, 0.2) is 18.2 Å². The second kappa shape index (κ2) is 5.08. The molecule has 1 N–H and O–H groups in total. The van der Waals surface area contributed by atoms with Crippen molar-refractivity contribution < 1.29 is 0 Å². The van der Waals surface area contributed by atoms with Gasteiger partial charge in [0.05, 0.1) is 0 Å². The zero-order valence-electron chi connectivity index (χ0n) is 8.43. The average Bonchev–Trinajstić information content (AvgIpc) is 2.16. The van der Waals surface area contributed by atoms with E-state index in [0.717, 1.165) is 24.8 Å². The summed E-state index contributed by atoms with van der Waals surface area (Å²) in [6, 6.07) is 6.18. The maximum Gasteiger partial charge on any atom is 0.113 e. The molecule has 0 unspecified atom stereocenters. The van der Waals surface area contributed by atoms with Crippen LogP contribution < -0.4 is 10.8 Å². The summed E-state index contributed by atoms with van der Waals surface area (Å²) < 4.78 is 0. The number of rotatable bonds is 4. The minimum atomic E-state index is 0.866. The predicted molar refractivity (Wildman–Crippen MR) is 58.8 cm³/mol. The van der Waals surface area contributed by atoms with Gasteiger partial charge in [-0.3, -0.25) is 0 Å². The molecule has 0 amide bonds. The topological polar surface area (TPSA) is 12.0 Å². The molecule has 1 aromatic carbocycles. The van der Waals surface area contributed by atoms with E-state index < -0.39 is 0 Å². The first kappa shape index (κ1) is 10.3. The highest BCUT2D eigenvalue weighted by molar-refractivity contribution is 6.32. The van der Waals surface area contributed by atoms with Crippen LogP contribution in [0, 0.1) is 0 Å². The first-order chi connectivity index (χ1) is 6.27. The molecule has 2 heteroatoms. The van der Waals surface area contributed by atoms with Gasteiger partial charge in [-0.15, -0.1) is 0 Å². The number of benzene rings is 1. The van der Waals surface area contributed by atoms with Crippen molar-refractivity contribution in [3.63, 3.8) is 0 Å². The zero-order valence-corrected chi connectivity index (χ0v) is 8.43. The molecule has 0 heterocycles. The lowest BCUT2D eigenvalue weighted by molar-refractivity contribution is 0.785. The Bertz CT molecular complexity index is 271. The Morgan fingerprint density at radius 1 is 1.31 bits per heavy atom. The summed E-state index contributed by atoms with van der Waals surface area (Å²) in [5, 5.41) is 3.15. The van der Waals surface area contributed by atoms with Gasteiger partial charge in [-0.1, -0.05) is 30.6 Å². The summed E-state index contributed by atoms with van der Waals surface area (Å²) in [6.45, 7) is 3.19. The molecule has 1 aromatic rings. The van der Waals surface area contributed by atoms with E-state index in [1.807, 2.05) is 13.1 Å². The maximum atomic E-state index is 5.72. The van der Waals surface area contributed by atoms with Crippen LogP contribution in [0.25, 0.3) is 0 Å². The molecule has 0 aliphatic rings. The maximum absolute atomic E-state index is 5.72. The van der Waals surface area contributed by atoms with Crippen LogP contribution in [0.2, 0.25) is 0 Å². The van der Waals surface area contributed by atoms with E-state index >= 15 is 0 Å². The van der Waals surface area contributed by atoms with Gasteiger partial charge in [0.25, 0.3) is 0 Å². The molecular formula is C11H16BN. The predicted octanol–water partition coefficient (Wildman–Crippen LogP) is 0.805. The second-order valence-electron chi connectivity index (χ2n) is 3.24. The highest BCUT2D eigenvalue weighted by atomic mass is 14.8. The van der Waals surface area contributed by atoms with Crippen LogP contribution in [0.1, 0.15) is 18.1 Å². The molecule has 0 aromatic heterocycles. The number of hydrogen-bond acceptors (Lipinski definition) is 1. The highest BCUT2D eigenvalue weighted by Crippen LogP contribution is 2.07. The fourth-order valence-electron chi connectivity index (χ4n) is 1.48. The summed E-state index contributed by atoms with van der Waals surface area (Å²) in [6.07, 6.45) is 2.14. The molecule has 0 aliphatic carbocycles. The van der Waals surface area contributed by atoms with Gasteiger partial charge in [0.2, 0.25) is 0 Å². The van der Waals surface area contributed by atoms with E-state index in [1.165, 1.54) is 11.1 Å². The Hall–Kier alpha value is -0.755. The van der Waals surface area contributed by atoms with Crippen molar-refractivity contribution in [2.45, 2.75) is 19.8 Å². The molecule has 2 radical (unpaired) electrons. The first-order valence-corrected chi connectivity index (χ1v) is 4.79. The molecule has 1 nitrogen and oxygen atoms in total. The van der Waals surface area contributed by atoms with Crippen LogP contribution in [0.5, 0.6) is 0 Å². The van der Waals surface area contributed by atoms with Gasteiger partial charge in [0.15, 0.2) is 0 Å². The van der Waals surface area contributed by atoms with Crippen LogP contribution in [-0.2, 0) is 12.8 Å². The van der Waals surface area contributed by atoms with Crippen molar-refractivity contribution >= 4 is 13.3 Å². The fourth-order valence-corrected chi connectivity index (χ4v) is 1.48. The lowest BCUT2D eigenvalue weighted by atomic mass is 9.90. The quantitative estimate of drug-likeness (QED) is 0.664. The zero-order chi connectivity index (χ0) is 9.68. The van der Waals surface area contributed by atoms with E-state index in [0.29, 0.717) is 0 Å². The second-order valence-corrected chi connectivity index (χ2v) is 3.24. The minimum Gasteiger partial charge on any atom is -0.319 e. The van der Waals surface area contributed by atoms with E-state index in [4.69, 9.17) is 7.85 Å². The Labute approximate surface area is 82.0 Å². The summed E-state index contributed by atoms with van der Waals surface area (Å²) in [7, 11) is 7.69. The summed E-state index contributed by atoms with van der Waals surface area (Å²) in [4.78, 5) is 0. The number of likely N-dealkylation sites (N-methyl/N-ethyl adjacent to an activating group) is 1. The van der Waals surface area contributed by atoms with E-state index in [1.54, 1.807) is 0 Å². The smallest absolute Gasteiger partial charge is 0.113 e. The van der Waals surface area contributed by atoms with Gasteiger partial charge in [-0.2, -0.15) is 0 Å². The fraction of sp³-hybridized carbons (Fsp3) is 0.455. The molecular weight excluding hydrogens is 157 g/mol. The Morgan fingerprint density at radius 3 is 2.69 bits per heavy atom. The van der Waals surface area contributed by atoms with Crippen molar-refractivity contribution in [3.05, 3.63) is 29.3 Å². The Kier molecular flexibility index (Phi) is 4.03. The van der Waals surface area contributed by atoms with Crippen molar-refractivity contribution in [2.24, 2.45) is 0 Å². The van der Waals surface area contributed by atoms with Crippen LogP contribution in [-0.4, -0.2) is 21.4 Å². The largest absolute Gasteiger partial charge is 0.319 e. The van der Waals surface area contributed by atoms with Crippen LogP contribution >= 0.6 is 0 Å². The number of aryl methyl sites for hydroxylation is 1.